The normalized spacial score (nSPS) is 11.0. The van der Waals surface area contributed by atoms with Crippen molar-refractivity contribution in [2.75, 3.05) is 32.5 Å². The van der Waals surface area contributed by atoms with Crippen molar-refractivity contribution in [3.63, 3.8) is 0 Å². The summed E-state index contributed by atoms with van der Waals surface area (Å²) < 4.78 is 5.28. The van der Waals surface area contributed by atoms with Crippen LogP contribution in [0.4, 0.5) is 5.82 Å². The van der Waals surface area contributed by atoms with E-state index in [2.05, 4.69) is 14.9 Å². The lowest BCUT2D eigenvalue weighted by molar-refractivity contribution is 0.119. The van der Waals surface area contributed by atoms with Crippen molar-refractivity contribution in [2.24, 2.45) is 0 Å². The molecule has 0 saturated heterocycles. The predicted molar refractivity (Wildman–Crippen MR) is 64.0 cm³/mol. The smallest absolute Gasteiger partial charge is 0.144 e. The molecule has 0 aliphatic carbocycles. The molecule has 0 aliphatic rings. The molecule has 0 fully saturated rings. The predicted octanol–water partition coefficient (Wildman–Crippen LogP) is 0.836. The lowest BCUT2D eigenvalue weighted by Crippen LogP contribution is -2.24. The summed E-state index contributed by atoms with van der Waals surface area (Å²) in [4.78, 5) is 10.6. The van der Waals surface area contributed by atoms with Crippen LogP contribution in [-0.4, -0.2) is 41.7 Å². The molecular weight excluding hydrogens is 204 g/mol. The third kappa shape index (κ3) is 4.55. The maximum Gasteiger partial charge on any atom is 0.144 e. The highest BCUT2D eigenvalue weighted by Crippen LogP contribution is 2.03. The number of nitrogen functional groups attached to an aromatic ring is 1. The van der Waals surface area contributed by atoms with E-state index in [1.165, 1.54) is 0 Å². The topological polar surface area (TPSA) is 64.3 Å². The Bertz CT molecular complexity index is 310. The minimum absolute atomic E-state index is 0.528. The summed E-state index contributed by atoms with van der Waals surface area (Å²) in [7, 11) is 2.01. The summed E-state index contributed by atoms with van der Waals surface area (Å²) in [6.07, 6.45) is 0. The van der Waals surface area contributed by atoms with Gasteiger partial charge in [-0.25, -0.2) is 9.97 Å². The first kappa shape index (κ1) is 12.9. The Hall–Kier alpha value is -1.20. The Morgan fingerprint density at radius 2 is 2.19 bits per heavy atom. The Labute approximate surface area is 96.6 Å². The van der Waals surface area contributed by atoms with Crippen molar-refractivity contribution in [1.29, 1.82) is 0 Å². The third-order valence-electron chi connectivity index (χ3n) is 2.15. The monoisotopic (exact) mass is 224 g/mol. The molecule has 1 rings (SSSR count). The molecule has 0 bridgehead atoms. The quantitative estimate of drug-likeness (QED) is 0.725. The van der Waals surface area contributed by atoms with E-state index in [0.717, 1.165) is 31.3 Å². The van der Waals surface area contributed by atoms with E-state index in [-0.39, 0.29) is 0 Å². The zero-order valence-corrected chi connectivity index (χ0v) is 10.2. The van der Waals surface area contributed by atoms with Crippen LogP contribution in [0.1, 0.15) is 18.4 Å². The third-order valence-corrected chi connectivity index (χ3v) is 2.15. The molecule has 1 heterocycles. The van der Waals surface area contributed by atoms with Gasteiger partial charge in [0.25, 0.3) is 0 Å². The Morgan fingerprint density at radius 3 is 2.81 bits per heavy atom. The lowest BCUT2D eigenvalue weighted by atomic mass is 10.4. The van der Waals surface area contributed by atoms with E-state index in [9.17, 15) is 0 Å². The van der Waals surface area contributed by atoms with Crippen molar-refractivity contribution >= 4 is 5.82 Å². The van der Waals surface area contributed by atoms with Gasteiger partial charge >= 0.3 is 0 Å². The molecule has 0 atom stereocenters. The summed E-state index contributed by atoms with van der Waals surface area (Å²) >= 11 is 0. The number of rotatable bonds is 6. The Kier molecular flexibility index (Phi) is 5.14. The summed E-state index contributed by atoms with van der Waals surface area (Å²) in [6, 6.07) is 1.77. The molecule has 2 N–H and O–H groups in total. The van der Waals surface area contributed by atoms with Gasteiger partial charge in [-0.05, 0) is 20.9 Å². The zero-order chi connectivity index (χ0) is 12.0. The molecule has 5 heteroatoms. The summed E-state index contributed by atoms with van der Waals surface area (Å²) in [6.45, 7) is 6.95. The van der Waals surface area contributed by atoms with Gasteiger partial charge in [0, 0.05) is 24.9 Å². The fourth-order valence-electron chi connectivity index (χ4n) is 1.41. The van der Waals surface area contributed by atoms with E-state index in [4.69, 9.17) is 10.5 Å². The number of hydrogen-bond acceptors (Lipinski definition) is 5. The van der Waals surface area contributed by atoms with Crippen molar-refractivity contribution in [2.45, 2.75) is 20.4 Å². The van der Waals surface area contributed by atoms with Crippen molar-refractivity contribution in [1.82, 2.24) is 14.9 Å². The summed E-state index contributed by atoms with van der Waals surface area (Å²) in [5.41, 5.74) is 6.57. The fraction of sp³-hybridized carbons (Fsp3) is 0.636. The lowest BCUT2D eigenvalue weighted by Gasteiger charge is -2.15. The van der Waals surface area contributed by atoms with Crippen LogP contribution in [0.3, 0.4) is 0 Å². The first-order chi connectivity index (χ1) is 7.61. The molecule has 0 spiro atoms. The molecule has 0 aromatic carbocycles. The molecule has 0 unspecified atom stereocenters. The average molecular weight is 224 g/mol. The van der Waals surface area contributed by atoms with Crippen LogP contribution in [0.5, 0.6) is 0 Å². The molecule has 0 aliphatic heterocycles. The van der Waals surface area contributed by atoms with Crippen LogP contribution in [0.15, 0.2) is 6.07 Å². The van der Waals surface area contributed by atoms with Crippen LogP contribution in [0.2, 0.25) is 0 Å². The molecule has 0 radical (unpaired) electrons. The molecule has 16 heavy (non-hydrogen) atoms. The van der Waals surface area contributed by atoms with Gasteiger partial charge in [-0.3, -0.25) is 4.90 Å². The largest absolute Gasteiger partial charge is 0.384 e. The van der Waals surface area contributed by atoms with Crippen molar-refractivity contribution in [3.8, 4) is 0 Å². The van der Waals surface area contributed by atoms with E-state index >= 15 is 0 Å². The summed E-state index contributed by atoms with van der Waals surface area (Å²) in [5.74, 6) is 1.29. The van der Waals surface area contributed by atoms with Crippen LogP contribution >= 0.6 is 0 Å². The second-order valence-corrected chi connectivity index (χ2v) is 3.79. The Balaban J connectivity index is 2.45. The number of hydrogen-bond donors (Lipinski definition) is 1. The highest BCUT2D eigenvalue weighted by atomic mass is 16.5. The van der Waals surface area contributed by atoms with Gasteiger partial charge in [0.2, 0.25) is 0 Å². The molecule has 1 aromatic rings. The van der Waals surface area contributed by atoms with Gasteiger partial charge in [-0.1, -0.05) is 0 Å². The van der Waals surface area contributed by atoms with Crippen LogP contribution in [-0.2, 0) is 11.3 Å². The maximum absolute atomic E-state index is 5.66. The van der Waals surface area contributed by atoms with Gasteiger partial charge in [0.05, 0.1) is 13.2 Å². The fourth-order valence-corrected chi connectivity index (χ4v) is 1.41. The molecule has 5 nitrogen and oxygen atoms in total. The highest BCUT2D eigenvalue weighted by molar-refractivity contribution is 5.29. The average Bonchev–Trinajstić information content (AvgIpc) is 2.16. The van der Waals surface area contributed by atoms with Gasteiger partial charge in [0.1, 0.15) is 11.6 Å². The highest BCUT2D eigenvalue weighted by Gasteiger charge is 2.04. The van der Waals surface area contributed by atoms with Crippen molar-refractivity contribution in [3.05, 3.63) is 17.6 Å². The van der Waals surface area contributed by atoms with E-state index in [1.54, 1.807) is 6.07 Å². The Morgan fingerprint density at radius 1 is 1.44 bits per heavy atom. The van der Waals surface area contributed by atoms with Crippen LogP contribution < -0.4 is 5.73 Å². The number of nitrogens with two attached hydrogens (primary N) is 1. The van der Waals surface area contributed by atoms with Gasteiger partial charge < -0.3 is 10.5 Å². The molecule has 1 aromatic heterocycles. The van der Waals surface area contributed by atoms with Gasteiger partial charge in [-0.2, -0.15) is 0 Å². The zero-order valence-electron chi connectivity index (χ0n) is 10.2. The van der Waals surface area contributed by atoms with Crippen LogP contribution in [0.25, 0.3) is 0 Å². The molecule has 0 amide bonds. The number of aromatic nitrogens is 2. The van der Waals surface area contributed by atoms with Crippen molar-refractivity contribution < 1.29 is 4.74 Å². The first-order valence-corrected chi connectivity index (χ1v) is 5.48. The number of anilines is 1. The second kappa shape index (κ2) is 6.40. The standard InChI is InChI=1S/C11H20N4O/c1-4-16-6-5-15(3)8-11-13-9(2)7-10(12)14-11/h7H,4-6,8H2,1-3H3,(H2,12,13,14). The minimum Gasteiger partial charge on any atom is -0.384 e. The number of likely N-dealkylation sites (N-methyl/N-ethyl adjacent to an activating group) is 1. The first-order valence-electron chi connectivity index (χ1n) is 5.48. The summed E-state index contributed by atoms with van der Waals surface area (Å²) in [5, 5.41) is 0. The minimum atomic E-state index is 0.528. The number of ether oxygens (including phenoxy) is 1. The van der Waals surface area contributed by atoms with Gasteiger partial charge in [-0.15, -0.1) is 0 Å². The number of nitrogens with zero attached hydrogens (tertiary/aromatic N) is 3. The van der Waals surface area contributed by atoms with E-state index < -0.39 is 0 Å². The maximum atomic E-state index is 5.66. The molecular formula is C11H20N4O. The molecule has 90 valence electrons. The second-order valence-electron chi connectivity index (χ2n) is 3.79. The van der Waals surface area contributed by atoms with E-state index in [1.807, 2.05) is 20.9 Å². The number of aryl methyl sites for hydroxylation is 1. The molecule has 0 saturated carbocycles. The van der Waals surface area contributed by atoms with E-state index in [0.29, 0.717) is 12.4 Å². The SMILES string of the molecule is CCOCCN(C)Cc1nc(C)cc(N)n1. The van der Waals surface area contributed by atoms with Gasteiger partial charge in [0.15, 0.2) is 0 Å². The van der Waals surface area contributed by atoms with Crippen LogP contribution in [0, 0.1) is 6.92 Å².